The van der Waals surface area contributed by atoms with E-state index in [-0.39, 0.29) is 22.3 Å². The summed E-state index contributed by atoms with van der Waals surface area (Å²) in [5.41, 5.74) is 1.02. The molecular formula is C22H21N3O3. The van der Waals surface area contributed by atoms with Crippen molar-refractivity contribution in [1.82, 2.24) is 14.1 Å². The van der Waals surface area contributed by atoms with Crippen LogP contribution < -0.4 is 15.7 Å². The Hall–Kier alpha value is -3.41. The molecule has 6 nitrogen and oxygen atoms in total. The van der Waals surface area contributed by atoms with Crippen LogP contribution in [0.3, 0.4) is 0 Å². The zero-order valence-electron chi connectivity index (χ0n) is 16.3. The number of para-hydroxylation sites is 3. The molecular weight excluding hydrogens is 354 g/mol. The average molecular weight is 375 g/mol. The minimum absolute atomic E-state index is 0.0383. The van der Waals surface area contributed by atoms with Crippen molar-refractivity contribution in [2.45, 2.75) is 19.8 Å². The summed E-state index contributed by atoms with van der Waals surface area (Å²) in [5, 5.41) is 0.580. The minimum atomic E-state index is -0.385. The number of pyridine rings is 1. The number of methoxy groups -OCH3 is 1. The number of hydrogen-bond acceptors (Lipinski definition) is 4. The van der Waals surface area contributed by atoms with Crippen molar-refractivity contribution in [3.8, 4) is 11.4 Å². The summed E-state index contributed by atoms with van der Waals surface area (Å²) >= 11 is 0. The molecule has 2 aromatic heterocycles. The second-order valence-corrected chi connectivity index (χ2v) is 7.04. The quantitative estimate of drug-likeness (QED) is 0.515. The van der Waals surface area contributed by atoms with E-state index in [9.17, 15) is 9.59 Å². The fourth-order valence-corrected chi connectivity index (χ4v) is 3.61. The Morgan fingerprint density at radius 2 is 1.68 bits per heavy atom. The van der Waals surface area contributed by atoms with E-state index in [1.807, 2.05) is 49.7 Å². The molecule has 142 valence electrons. The van der Waals surface area contributed by atoms with E-state index in [4.69, 9.17) is 9.72 Å². The van der Waals surface area contributed by atoms with Crippen LogP contribution in [0.1, 0.15) is 25.6 Å². The Morgan fingerprint density at radius 3 is 2.39 bits per heavy atom. The first-order valence-electron chi connectivity index (χ1n) is 9.13. The molecule has 0 N–H and O–H groups in total. The van der Waals surface area contributed by atoms with E-state index in [0.717, 1.165) is 5.52 Å². The first-order chi connectivity index (χ1) is 13.5. The number of hydrogen-bond donors (Lipinski definition) is 0. The molecule has 6 heteroatoms. The Labute approximate surface area is 161 Å². The van der Waals surface area contributed by atoms with Crippen molar-refractivity contribution in [1.29, 1.82) is 0 Å². The van der Waals surface area contributed by atoms with E-state index >= 15 is 0 Å². The van der Waals surface area contributed by atoms with Gasteiger partial charge in [-0.15, -0.1) is 0 Å². The summed E-state index contributed by atoms with van der Waals surface area (Å²) in [4.78, 5) is 31.5. The van der Waals surface area contributed by atoms with Gasteiger partial charge in [-0.25, -0.2) is 4.98 Å². The molecule has 0 aliphatic carbocycles. The van der Waals surface area contributed by atoms with E-state index in [2.05, 4.69) is 0 Å². The minimum Gasteiger partial charge on any atom is -0.495 e. The van der Waals surface area contributed by atoms with Crippen LogP contribution in [0.4, 0.5) is 0 Å². The molecule has 4 aromatic rings. The topological polar surface area (TPSA) is 66.1 Å². The summed E-state index contributed by atoms with van der Waals surface area (Å²) in [5.74, 6) is 1.08. The van der Waals surface area contributed by atoms with Crippen LogP contribution in [-0.2, 0) is 7.05 Å². The molecule has 0 saturated carbocycles. The number of rotatable bonds is 3. The summed E-state index contributed by atoms with van der Waals surface area (Å²) < 4.78 is 8.77. The van der Waals surface area contributed by atoms with Crippen molar-refractivity contribution in [2.24, 2.45) is 7.05 Å². The molecule has 0 saturated heterocycles. The van der Waals surface area contributed by atoms with Gasteiger partial charge in [0.25, 0.3) is 5.56 Å². The van der Waals surface area contributed by atoms with E-state index in [1.54, 1.807) is 31.4 Å². The third kappa shape index (κ3) is 2.52. The maximum absolute atomic E-state index is 13.6. The molecule has 0 unspecified atom stereocenters. The molecule has 2 aromatic carbocycles. The number of nitrogens with zero attached hydrogens (tertiary/aromatic N) is 3. The fraction of sp³-hybridized carbons (Fsp3) is 0.227. The van der Waals surface area contributed by atoms with Gasteiger partial charge in [-0.1, -0.05) is 38.1 Å². The van der Waals surface area contributed by atoms with Crippen LogP contribution in [0, 0.1) is 0 Å². The van der Waals surface area contributed by atoms with Crippen LogP contribution in [0.25, 0.3) is 27.6 Å². The molecule has 28 heavy (non-hydrogen) atoms. The molecule has 0 bridgehead atoms. The van der Waals surface area contributed by atoms with Gasteiger partial charge in [0, 0.05) is 18.4 Å². The lowest BCUT2D eigenvalue weighted by Gasteiger charge is -2.19. The zero-order chi connectivity index (χ0) is 20.0. The van der Waals surface area contributed by atoms with Crippen LogP contribution >= 0.6 is 0 Å². The molecule has 0 spiro atoms. The molecule has 0 aliphatic heterocycles. The number of benzene rings is 2. The molecule has 0 radical (unpaired) electrons. The first-order valence-corrected chi connectivity index (χ1v) is 9.13. The Bertz CT molecular complexity index is 1330. The lowest BCUT2D eigenvalue weighted by molar-refractivity contribution is 0.412. The van der Waals surface area contributed by atoms with Crippen LogP contribution in [0.2, 0.25) is 0 Å². The van der Waals surface area contributed by atoms with Gasteiger partial charge in [-0.05, 0) is 24.3 Å². The molecule has 0 atom stereocenters. The SMILES string of the molecule is COc1ccccc1-n1c(C(C)C)nc2c(c(=O)c3ccccc3n2C)c1=O. The number of fused-ring (bicyclic) bond motifs is 2. The fourth-order valence-electron chi connectivity index (χ4n) is 3.61. The van der Waals surface area contributed by atoms with Crippen LogP contribution in [0.5, 0.6) is 5.75 Å². The van der Waals surface area contributed by atoms with Crippen LogP contribution in [0.15, 0.2) is 58.1 Å². The highest BCUT2D eigenvalue weighted by Crippen LogP contribution is 2.25. The van der Waals surface area contributed by atoms with Gasteiger partial charge >= 0.3 is 0 Å². The van der Waals surface area contributed by atoms with Gasteiger partial charge in [0.2, 0.25) is 5.43 Å². The average Bonchev–Trinajstić information content (AvgIpc) is 2.71. The summed E-state index contributed by atoms with van der Waals surface area (Å²) in [6.07, 6.45) is 0. The Morgan fingerprint density at radius 1 is 1.00 bits per heavy atom. The van der Waals surface area contributed by atoms with Crippen molar-refractivity contribution >= 4 is 21.9 Å². The lowest BCUT2D eigenvalue weighted by atomic mass is 10.1. The molecule has 2 heterocycles. The third-order valence-corrected chi connectivity index (χ3v) is 4.99. The second kappa shape index (κ2) is 6.64. The smallest absolute Gasteiger partial charge is 0.271 e. The van der Waals surface area contributed by atoms with E-state index in [1.165, 1.54) is 4.57 Å². The van der Waals surface area contributed by atoms with Crippen molar-refractivity contribution in [3.63, 3.8) is 0 Å². The molecule has 0 amide bonds. The highest BCUT2D eigenvalue weighted by molar-refractivity contribution is 5.91. The summed E-state index contributed by atoms with van der Waals surface area (Å²) in [7, 11) is 3.38. The normalized spacial score (nSPS) is 11.5. The zero-order valence-corrected chi connectivity index (χ0v) is 16.3. The Kier molecular flexibility index (Phi) is 4.26. The summed E-state index contributed by atoms with van der Waals surface area (Å²) in [6.45, 7) is 3.94. The predicted molar refractivity (Wildman–Crippen MR) is 111 cm³/mol. The number of ether oxygens (including phenoxy) is 1. The monoisotopic (exact) mass is 375 g/mol. The number of aromatic nitrogens is 3. The maximum atomic E-state index is 13.6. The highest BCUT2D eigenvalue weighted by Gasteiger charge is 2.21. The maximum Gasteiger partial charge on any atom is 0.271 e. The van der Waals surface area contributed by atoms with Crippen molar-refractivity contribution in [3.05, 3.63) is 74.9 Å². The highest BCUT2D eigenvalue weighted by atomic mass is 16.5. The van der Waals surface area contributed by atoms with Gasteiger partial charge in [0.05, 0.1) is 18.3 Å². The number of aryl methyl sites for hydroxylation is 1. The lowest BCUT2D eigenvalue weighted by Crippen LogP contribution is -2.30. The third-order valence-electron chi connectivity index (χ3n) is 4.99. The Balaban J connectivity index is 2.27. The predicted octanol–water partition coefficient (Wildman–Crippen LogP) is 3.37. The van der Waals surface area contributed by atoms with E-state index < -0.39 is 0 Å². The standard InChI is InChI=1S/C22H21N3O3/c1-13(2)20-23-21-18(19(26)14-9-5-6-10-15(14)24(21)3)22(27)25(20)16-11-7-8-12-17(16)28-4/h5-13H,1-4H3. The van der Waals surface area contributed by atoms with Gasteiger partial charge < -0.3 is 9.30 Å². The molecule has 4 rings (SSSR count). The summed E-state index contributed by atoms with van der Waals surface area (Å²) in [6, 6.07) is 14.5. The van der Waals surface area contributed by atoms with Gasteiger partial charge in [0.15, 0.2) is 5.65 Å². The second-order valence-electron chi connectivity index (χ2n) is 7.04. The van der Waals surface area contributed by atoms with Gasteiger partial charge in [0.1, 0.15) is 17.0 Å². The van der Waals surface area contributed by atoms with E-state index in [0.29, 0.717) is 28.3 Å². The first kappa shape index (κ1) is 18.0. The van der Waals surface area contributed by atoms with Crippen molar-refractivity contribution in [2.75, 3.05) is 7.11 Å². The van der Waals surface area contributed by atoms with Gasteiger partial charge in [-0.2, -0.15) is 0 Å². The van der Waals surface area contributed by atoms with Crippen molar-refractivity contribution < 1.29 is 4.74 Å². The molecule has 0 aliphatic rings. The van der Waals surface area contributed by atoms with Gasteiger partial charge in [-0.3, -0.25) is 14.2 Å². The van der Waals surface area contributed by atoms with Crippen LogP contribution in [-0.4, -0.2) is 21.2 Å². The largest absolute Gasteiger partial charge is 0.495 e. The molecule has 0 fully saturated rings.